The van der Waals surface area contributed by atoms with Gasteiger partial charge in [-0.3, -0.25) is 4.79 Å². The van der Waals surface area contributed by atoms with Crippen LogP contribution in [0.5, 0.6) is 5.75 Å². The first kappa shape index (κ1) is 14.0. The van der Waals surface area contributed by atoms with E-state index >= 15 is 0 Å². The molecule has 1 fully saturated rings. The summed E-state index contributed by atoms with van der Waals surface area (Å²) in [5.74, 6) is 1.35. The number of benzene rings is 1. The monoisotopic (exact) mass is 264 g/mol. The van der Waals surface area contributed by atoms with Gasteiger partial charge in [-0.15, -0.1) is 0 Å². The van der Waals surface area contributed by atoms with Gasteiger partial charge in [-0.25, -0.2) is 0 Å². The molecular formula is C15H20O4. The second-order valence-electron chi connectivity index (χ2n) is 4.67. The molecule has 0 aromatic heterocycles. The molecule has 4 nitrogen and oxygen atoms in total. The molecule has 1 saturated carbocycles. The Morgan fingerprint density at radius 3 is 2.95 bits per heavy atom. The fourth-order valence-electron chi connectivity index (χ4n) is 1.73. The Kier molecular flexibility index (Phi) is 5.36. The lowest BCUT2D eigenvalue weighted by atomic mass is 10.2. The van der Waals surface area contributed by atoms with E-state index in [1.54, 1.807) is 24.3 Å². The van der Waals surface area contributed by atoms with Crippen molar-refractivity contribution in [2.75, 3.05) is 19.8 Å². The smallest absolute Gasteiger partial charge is 0.223 e. The van der Waals surface area contributed by atoms with Crippen LogP contribution in [0, 0.1) is 5.92 Å². The minimum Gasteiger partial charge on any atom is -0.462 e. The van der Waals surface area contributed by atoms with E-state index in [0.29, 0.717) is 24.5 Å². The van der Waals surface area contributed by atoms with Gasteiger partial charge in [0.2, 0.25) is 6.29 Å². The Hall–Kier alpha value is -1.39. The van der Waals surface area contributed by atoms with Crippen LogP contribution in [0.2, 0.25) is 0 Å². The molecule has 1 aromatic carbocycles. The van der Waals surface area contributed by atoms with Gasteiger partial charge in [-0.2, -0.15) is 0 Å². The zero-order valence-electron chi connectivity index (χ0n) is 11.2. The molecule has 0 aliphatic heterocycles. The zero-order valence-corrected chi connectivity index (χ0v) is 11.2. The van der Waals surface area contributed by atoms with Crippen molar-refractivity contribution in [2.24, 2.45) is 5.92 Å². The summed E-state index contributed by atoms with van der Waals surface area (Å²) < 4.78 is 16.8. The molecule has 1 aliphatic carbocycles. The van der Waals surface area contributed by atoms with Crippen LogP contribution in [-0.4, -0.2) is 32.4 Å². The van der Waals surface area contributed by atoms with Gasteiger partial charge in [0.15, 0.2) is 0 Å². The number of aldehydes is 1. The average Bonchev–Trinajstić information content (AvgIpc) is 3.23. The highest BCUT2D eigenvalue weighted by Crippen LogP contribution is 2.28. The molecule has 0 heterocycles. The molecule has 1 atom stereocenters. The number of hydrogen-bond acceptors (Lipinski definition) is 4. The maximum atomic E-state index is 10.7. The third kappa shape index (κ3) is 5.01. The van der Waals surface area contributed by atoms with Crippen molar-refractivity contribution >= 4 is 6.29 Å². The Labute approximate surface area is 113 Å². The molecule has 0 saturated heterocycles. The number of hydrogen-bond donors (Lipinski definition) is 0. The first-order chi connectivity index (χ1) is 9.31. The van der Waals surface area contributed by atoms with Crippen LogP contribution >= 0.6 is 0 Å². The molecule has 0 bridgehead atoms. The molecule has 0 radical (unpaired) electrons. The van der Waals surface area contributed by atoms with Crippen molar-refractivity contribution in [3.63, 3.8) is 0 Å². The molecule has 4 heteroatoms. The van der Waals surface area contributed by atoms with Gasteiger partial charge in [0.25, 0.3) is 0 Å². The molecule has 1 aliphatic rings. The summed E-state index contributed by atoms with van der Waals surface area (Å²) in [6.07, 6.45) is 2.90. The van der Waals surface area contributed by atoms with E-state index in [1.807, 2.05) is 6.92 Å². The van der Waals surface area contributed by atoms with Gasteiger partial charge in [-0.1, -0.05) is 12.1 Å². The van der Waals surface area contributed by atoms with Crippen molar-refractivity contribution in [3.05, 3.63) is 29.8 Å². The highest BCUT2D eigenvalue weighted by Gasteiger charge is 2.22. The maximum absolute atomic E-state index is 10.7. The molecule has 0 spiro atoms. The third-order valence-electron chi connectivity index (χ3n) is 2.92. The minimum absolute atomic E-state index is 0.412. The first-order valence-corrected chi connectivity index (χ1v) is 6.73. The van der Waals surface area contributed by atoms with Crippen molar-refractivity contribution in [1.82, 2.24) is 0 Å². The average molecular weight is 264 g/mol. The predicted octanol–water partition coefficient (Wildman–Crippen LogP) is 2.67. The summed E-state index contributed by atoms with van der Waals surface area (Å²) in [5.41, 5.74) is 0.589. The summed E-state index contributed by atoms with van der Waals surface area (Å²) in [5, 5.41) is 0. The van der Waals surface area contributed by atoms with Crippen LogP contribution < -0.4 is 4.74 Å². The van der Waals surface area contributed by atoms with Crippen LogP contribution in [-0.2, 0) is 9.47 Å². The normalized spacial score (nSPS) is 16.1. The number of carbonyl (C=O) groups is 1. The minimum atomic E-state index is -0.425. The first-order valence-electron chi connectivity index (χ1n) is 6.73. The Balaban J connectivity index is 1.84. The van der Waals surface area contributed by atoms with Gasteiger partial charge in [0.1, 0.15) is 18.6 Å². The van der Waals surface area contributed by atoms with E-state index in [0.717, 1.165) is 18.8 Å². The summed E-state index contributed by atoms with van der Waals surface area (Å²) in [4.78, 5) is 10.7. The lowest BCUT2D eigenvalue weighted by Gasteiger charge is -2.19. The van der Waals surface area contributed by atoms with E-state index in [-0.39, 0.29) is 0 Å². The third-order valence-corrected chi connectivity index (χ3v) is 2.92. The molecular weight excluding hydrogens is 244 g/mol. The second kappa shape index (κ2) is 7.26. The standard InChI is InChI=1S/C15H20O4/c1-2-18-15(11-17-10-12-6-7-12)19-14-5-3-4-13(8-14)9-16/h3-5,8-9,12,15H,2,6-7,10-11H2,1H3. The predicted molar refractivity (Wildman–Crippen MR) is 71.4 cm³/mol. The van der Waals surface area contributed by atoms with Gasteiger partial charge in [0.05, 0.1) is 0 Å². The van der Waals surface area contributed by atoms with Crippen LogP contribution in [0.15, 0.2) is 24.3 Å². The fourth-order valence-corrected chi connectivity index (χ4v) is 1.73. The van der Waals surface area contributed by atoms with Gasteiger partial charge in [-0.05, 0) is 37.8 Å². The van der Waals surface area contributed by atoms with Crippen molar-refractivity contribution in [1.29, 1.82) is 0 Å². The van der Waals surface area contributed by atoms with Crippen molar-refractivity contribution < 1.29 is 19.0 Å². The van der Waals surface area contributed by atoms with Gasteiger partial charge < -0.3 is 14.2 Å². The molecule has 104 valence electrons. The number of ether oxygens (including phenoxy) is 3. The zero-order chi connectivity index (χ0) is 13.5. The Morgan fingerprint density at radius 2 is 2.26 bits per heavy atom. The summed E-state index contributed by atoms with van der Waals surface area (Å²) in [6.45, 7) is 3.67. The van der Waals surface area contributed by atoms with E-state index in [9.17, 15) is 4.79 Å². The SMILES string of the molecule is CCOC(COCC1CC1)Oc1cccc(C=O)c1. The Bertz CT molecular complexity index is 401. The van der Waals surface area contributed by atoms with Crippen LogP contribution in [0.25, 0.3) is 0 Å². The lowest BCUT2D eigenvalue weighted by molar-refractivity contribution is -0.119. The van der Waals surface area contributed by atoms with Gasteiger partial charge >= 0.3 is 0 Å². The van der Waals surface area contributed by atoms with Crippen LogP contribution in [0.4, 0.5) is 0 Å². The van der Waals surface area contributed by atoms with E-state index in [1.165, 1.54) is 12.8 Å². The molecule has 0 amide bonds. The van der Waals surface area contributed by atoms with Crippen molar-refractivity contribution in [3.8, 4) is 5.75 Å². The van der Waals surface area contributed by atoms with E-state index < -0.39 is 6.29 Å². The Morgan fingerprint density at radius 1 is 1.42 bits per heavy atom. The summed E-state index contributed by atoms with van der Waals surface area (Å²) >= 11 is 0. The molecule has 1 aromatic rings. The largest absolute Gasteiger partial charge is 0.462 e. The van der Waals surface area contributed by atoms with Crippen molar-refractivity contribution in [2.45, 2.75) is 26.1 Å². The molecule has 19 heavy (non-hydrogen) atoms. The second-order valence-corrected chi connectivity index (χ2v) is 4.67. The number of carbonyl (C=O) groups excluding carboxylic acids is 1. The fraction of sp³-hybridized carbons (Fsp3) is 0.533. The molecule has 2 rings (SSSR count). The summed E-state index contributed by atoms with van der Waals surface area (Å²) in [7, 11) is 0. The van der Waals surface area contributed by atoms with Gasteiger partial charge in [0, 0.05) is 18.8 Å². The highest BCUT2D eigenvalue weighted by atomic mass is 16.7. The molecule has 0 N–H and O–H groups in total. The van der Waals surface area contributed by atoms with E-state index in [4.69, 9.17) is 14.2 Å². The quantitative estimate of drug-likeness (QED) is 0.508. The topological polar surface area (TPSA) is 44.8 Å². The highest BCUT2D eigenvalue weighted by molar-refractivity contribution is 5.75. The maximum Gasteiger partial charge on any atom is 0.223 e. The summed E-state index contributed by atoms with van der Waals surface area (Å²) in [6, 6.07) is 7.02. The molecule has 1 unspecified atom stereocenters. The number of rotatable bonds is 9. The van der Waals surface area contributed by atoms with E-state index in [2.05, 4.69) is 0 Å². The van der Waals surface area contributed by atoms with Crippen LogP contribution in [0.1, 0.15) is 30.1 Å². The lowest BCUT2D eigenvalue weighted by Crippen LogP contribution is -2.27. The van der Waals surface area contributed by atoms with Crippen LogP contribution in [0.3, 0.4) is 0 Å².